The van der Waals surface area contributed by atoms with Crippen molar-refractivity contribution in [2.75, 3.05) is 13.2 Å². The summed E-state index contributed by atoms with van der Waals surface area (Å²) in [5, 5.41) is 11.1. The van der Waals surface area contributed by atoms with Crippen LogP contribution in [-0.4, -0.2) is 44.6 Å². The largest absolute Gasteiger partial charge is 0.414 e. The zero-order chi connectivity index (χ0) is 20.6. The smallest absolute Gasteiger partial charge is 0.192 e. The van der Waals surface area contributed by atoms with Crippen LogP contribution in [0.2, 0.25) is 18.1 Å². The quantitative estimate of drug-likeness (QED) is 0.401. The fourth-order valence-corrected chi connectivity index (χ4v) is 6.71. The molecule has 0 aromatic carbocycles. The van der Waals surface area contributed by atoms with Crippen LogP contribution in [0, 0.1) is 17.8 Å². The number of rotatable bonds is 9. The Bertz CT molecular complexity index is 509. The average molecular weight is 413 g/mol. The van der Waals surface area contributed by atoms with Gasteiger partial charge in [-0.1, -0.05) is 47.0 Å². The lowest BCUT2D eigenvalue weighted by Crippen LogP contribution is -2.54. The summed E-state index contributed by atoms with van der Waals surface area (Å²) in [6.07, 6.45) is 9.17. The van der Waals surface area contributed by atoms with Gasteiger partial charge in [0.2, 0.25) is 0 Å². The first kappa shape index (κ1) is 22.7. The van der Waals surface area contributed by atoms with Crippen LogP contribution in [0.25, 0.3) is 0 Å². The highest BCUT2D eigenvalue weighted by Crippen LogP contribution is 2.59. The van der Waals surface area contributed by atoms with Crippen LogP contribution in [0.3, 0.4) is 0 Å². The molecule has 0 aromatic rings. The number of hydrogen-bond donors (Lipinski definition) is 1. The number of fused-ring (bicyclic) bond motifs is 2. The van der Waals surface area contributed by atoms with Crippen molar-refractivity contribution in [1.29, 1.82) is 0 Å². The van der Waals surface area contributed by atoms with Gasteiger partial charge in [-0.2, -0.15) is 0 Å². The Labute approximate surface area is 173 Å². The van der Waals surface area contributed by atoms with Gasteiger partial charge in [0, 0.05) is 18.4 Å². The molecule has 1 aliphatic heterocycles. The van der Waals surface area contributed by atoms with E-state index in [0.717, 1.165) is 32.1 Å². The molecule has 3 fully saturated rings. The summed E-state index contributed by atoms with van der Waals surface area (Å²) in [5.41, 5.74) is 0. The summed E-state index contributed by atoms with van der Waals surface area (Å²) < 4.78 is 18.7. The Morgan fingerprint density at radius 2 is 1.82 bits per heavy atom. The number of aliphatic hydroxyl groups excluding tert-OH is 1. The molecule has 1 N–H and O–H groups in total. The fourth-order valence-electron chi connectivity index (χ4n) is 5.28. The normalized spacial score (nSPS) is 33.1. The first-order valence-corrected chi connectivity index (χ1v) is 14.6. The van der Waals surface area contributed by atoms with Gasteiger partial charge in [-0.05, 0) is 55.7 Å². The van der Waals surface area contributed by atoms with Gasteiger partial charge in [0.1, 0.15) is 0 Å². The molecular weight excluding hydrogens is 368 g/mol. The molecule has 28 heavy (non-hydrogen) atoms. The number of unbranched alkanes of at least 4 members (excludes halogenated alkanes) is 2. The van der Waals surface area contributed by atoms with Crippen molar-refractivity contribution < 1.29 is 19.0 Å². The third-order valence-corrected chi connectivity index (χ3v) is 12.6. The monoisotopic (exact) mass is 412 g/mol. The lowest BCUT2D eigenvalue weighted by molar-refractivity contribution is -0.275. The lowest BCUT2D eigenvalue weighted by atomic mass is 9.69. The van der Waals surface area contributed by atoms with Crippen molar-refractivity contribution in [3.63, 3.8) is 0 Å². The summed E-state index contributed by atoms with van der Waals surface area (Å²) >= 11 is 0. The molecule has 1 spiro atoms. The topological polar surface area (TPSA) is 47.9 Å². The van der Waals surface area contributed by atoms with Gasteiger partial charge < -0.3 is 19.0 Å². The molecule has 0 amide bonds. The van der Waals surface area contributed by atoms with E-state index >= 15 is 0 Å². The van der Waals surface area contributed by atoms with Crippen LogP contribution >= 0.6 is 0 Å². The minimum Gasteiger partial charge on any atom is -0.414 e. The summed E-state index contributed by atoms with van der Waals surface area (Å²) in [4.78, 5) is 0. The summed E-state index contributed by atoms with van der Waals surface area (Å²) in [5.74, 6) is 0.801. The van der Waals surface area contributed by atoms with Gasteiger partial charge in [0.05, 0.1) is 19.3 Å². The molecule has 5 unspecified atom stereocenters. The van der Waals surface area contributed by atoms with Gasteiger partial charge >= 0.3 is 0 Å². The first-order chi connectivity index (χ1) is 13.1. The van der Waals surface area contributed by atoms with Crippen LogP contribution in [-0.2, 0) is 13.9 Å². The molecule has 2 saturated carbocycles. The Morgan fingerprint density at radius 1 is 1.14 bits per heavy atom. The second-order valence-electron chi connectivity index (χ2n) is 11.0. The van der Waals surface area contributed by atoms with Crippen LogP contribution in [0.1, 0.15) is 79.1 Å². The molecule has 164 valence electrons. The SMILES string of the molecule is CCCCCC(CCC1CC2C(CC23OCCO3)C1O)O[Si](C)(C)C(C)(C)C. The number of aliphatic hydroxyl groups is 1. The molecule has 0 bridgehead atoms. The third kappa shape index (κ3) is 4.54. The van der Waals surface area contributed by atoms with E-state index in [2.05, 4.69) is 40.8 Å². The minimum absolute atomic E-state index is 0.187. The van der Waals surface area contributed by atoms with Crippen molar-refractivity contribution in [3.8, 4) is 0 Å². The molecule has 0 aromatic heterocycles. The van der Waals surface area contributed by atoms with Crippen LogP contribution < -0.4 is 0 Å². The average Bonchev–Trinajstić information content (AvgIpc) is 3.17. The van der Waals surface area contributed by atoms with Crippen molar-refractivity contribution in [3.05, 3.63) is 0 Å². The molecule has 4 nitrogen and oxygen atoms in total. The van der Waals surface area contributed by atoms with E-state index in [1.807, 2.05) is 0 Å². The van der Waals surface area contributed by atoms with Gasteiger partial charge in [-0.15, -0.1) is 0 Å². The summed E-state index contributed by atoms with van der Waals surface area (Å²) in [6, 6.07) is 0. The Morgan fingerprint density at radius 3 is 2.43 bits per heavy atom. The number of hydrogen-bond acceptors (Lipinski definition) is 4. The van der Waals surface area contributed by atoms with E-state index in [1.54, 1.807) is 0 Å². The maximum atomic E-state index is 10.9. The highest BCUT2D eigenvalue weighted by molar-refractivity contribution is 6.74. The van der Waals surface area contributed by atoms with E-state index < -0.39 is 8.32 Å². The van der Waals surface area contributed by atoms with Crippen LogP contribution in [0.5, 0.6) is 0 Å². The zero-order valence-electron chi connectivity index (χ0n) is 19.1. The van der Waals surface area contributed by atoms with Crippen molar-refractivity contribution >= 4 is 8.32 Å². The van der Waals surface area contributed by atoms with Gasteiger partial charge in [0.25, 0.3) is 0 Å². The van der Waals surface area contributed by atoms with E-state index in [1.165, 1.54) is 19.3 Å². The van der Waals surface area contributed by atoms with Crippen molar-refractivity contribution in [2.24, 2.45) is 17.8 Å². The standard InChI is InChI=1S/C23H44O4Si/c1-7-8-9-10-18(27-28(5,6)22(2,3)4)12-11-17-15-20-19(21(17)24)16-23(20)25-13-14-26-23/h17-21,24H,7-16H2,1-6H3. The molecule has 3 rings (SSSR count). The zero-order valence-corrected chi connectivity index (χ0v) is 20.1. The van der Waals surface area contributed by atoms with Gasteiger partial charge in [0.15, 0.2) is 14.1 Å². The molecule has 0 radical (unpaired) electrons. The van der Waals surface area contributed by atoms with Gasteiger partial charge in [-0.3, -0.25) is 0 Å². The first-order valence-electron chi connectivity index (χ1n) is 11.7. The van der Waals surface area contributed by atoms with E-state index in [-0.39, 0.29) is 16.9 Å². The molecule has 1 heterocycles. The van der Waals surface area contributed by atoms with Crippen molar-refractivity contribution in [1.82, 2.24) is 0 Å². The lowest BCUT2D eigenvalue weighted by Gasteiger charge is -2.48. The van der Waals surface area contributed by atoms with E-state index in [4.69, 9.17) is 13.9 Å². The van der Waals surface area contributed by atoms with E-state index in [0.29, 0.717) is 37.1 Å². The Kier molecular flexibility index (Phi) is 7.03. The number of ether oxygens (including phenoxy) is 2. The molecule has 1 saturated heterocycles. The predicted octanol–water partition coefficient (Wildman–Crippen LogP) is 5.50. The fraction of sp³-hybridized carbons (Fsp3) is 1.00. The maximum absolute atomic E-state index is 10.9. The highest BCUT2D eigenvalue weighted by Gasteiger charge is 2.64. The van der Waals surface area contributed by atoms with Crippen LogP contribution in [0.15, 0.2) is 0 Å². The van der Waals surface area contributed by atoms with Crippen LogP contribution in [0.4, 0.5) is 0 Å². The summed E-state index contributed by atoms with van der Waals surface area (Å²) in [7, 11) is -1.77. The maximum Gasteiger partial charge on any atom is 0.192 e. The molecular formula is C23H44O4Si. The summed E-state index contributed by atoms with van der Waals surface area (Å²) in [6.45, 7) is 15.4. The second kappa shape index (κ2) is 8.66. The second-order valence-corrected chi connectivity index (χ2v) is 15.8. The Balaban J connectivity index is 1.55. The Hall–Kier alpha value is 0.0569. The molecule has 5 heteroatoms. The molecule has 3 aliphatic rings. The highest BCUT2D eigenvalue weighted by atomic mass is 28.4. The van der Waals surface area contributed by atoms with E-state index in [9.17, 15) is 5.11 Å². The minimum atomic E-state index is -1.77. The molecule has 2 aliphatic carbocycles. The third-order valence-electron chi connectivity index (χ3n) is 8.11. The van der Waals surface area contributed by atoms with Crippen molar-refractivity contribution in [2.45, 2.75) is 115 Å². The van der Waals surface area contributed by atoms with Gasteiger partial charge in [-0.25, -0.2) is 0 Å². The molecule has 5 atom stereocenters. The predicted molar refractivity (Wildman–Crippen MR) is 116 cm³/mol.